The molecule has 8 nitrogen and oxygen atoms in total. The molecule has 0 atom stereocenters. The number of carbonyl (C=O) groups is 1. The highest BCUT2D eigenvalue weighted by molar-refractivity contribution is 7.88. The number of nitrogens with zero attached hydrogens (tertiary/aromatic N) is 3. The van der Waals surface area contributed by atoms with Gasteiger partial charge in [0, 0.05) is 38.1 Å². The summed E-state index contributed by atoms with van der Waals surface area (Å²) < 4.78 is 35.3. The first kappa shape index (κ1) is 23.0. The van der Waals surface area contributed by atoms with Gasteiger partial charge in [-0.2, -0.15) is 8.42 Å². The highest BCUT2D eigenvalue weighted by Gasteiger charge is 2.27. The number of ether oxygens (including phenoxy) is 1. The first-order valence-corrected chi connectivity index (χ1v) is 12.4. The van der Waals surface area contributed by atoms with Gasteiger partial charge in [0.2, 0.25) is 0 Å². The third-order valence-electron chi connectivity index (χ3n) is 5.69. The predicted octanol–water partition coefficient (Wildman–Crippen LogP) is 2.29. The molecule has 1 saturated heterocycles. The minimum Gasteiger partial charge on any atom is -0.378 e. The Bertz CT molecular complexity index is 1140. The van der Waals surface area contributed by atoms with Crippen LogP contribution in [0.3, 0.4) is 0 Å². The maximum Gasteiger partial charge on any atom is 0.344 e. The molecule has 2 aliphatic rings. The Morgan fingerprint density at radius 2 is 1.73 bits per heavy atom. The second kappa shape index (κ2) is 10.2. The van der Waals surface area contributed by atoms with E-state index in [1.807, 2.05) is 54.6 Å². The third kappa shape index (κ3) is 5.80. The third-order valence-corrected chi connectivity index (χ3v) is 7.07. The van der Waals surface area contributed by atoms with E-state index in [2.05, 4.69) is 14.6 Å². The van der Waals surface area contributed by atoms with Crippen LogP contribution in [0.25, 0.3) is 0 Å². The van der Waals surface area contributed by atoms with Crippen molar-refractivity contribution in [2.24, 2.45) is 4.40 Å². The molecule has 1 N–H and O–H groups in total. The Morgan fingerprint density at radius 1 is 1.03 bits per heavy atom. The van der Waals surface area contributed by atoms with Crippen molar-refractivity contribution in [2.45, 2.75) is 19.9 Å². The first-order chi connectivity index (χ1) is 15.9. The van der Waals surface area contributed by atoms with Crippen LogP contribution in [-0.2, 0) is 32.7 Å². The number of anilines is 1. The summed E-state index contributed by atoms with van der Waals surface area (Å²) >= 11 is 0. The molecule has 174 valence electrons. The normalized spacial score (nSPS) is 17.8. The van der Waals surface area contributed by atoms with Crippen molar-refractivity contribution >= 4 is 27.5 Å². The van der Waals surface area contributed by atoms with Gasteiger partial charge in [0.05, 0.1) is 24.5 Å². The summed E-state index contributed by atoms with van der Waals surface area (Å²) in [5.41, 5.74) is 3.54. The number of nitrogens with one attached hydrogen (secondary N) is 1. The molecule has 0 saturated carbocycles. The second-order valence-corrected chi connectivity index (χ2v) is 9.54. The maximum atomic E-state index is 12.8. The highest BCUT2D eigenvalue weighted by atomic mass is 32.2. The van der Waals surface area contributed by atoms with E-state index in [1.54, 1.807) is 0 Å². The van der Waals surface area contributed by atoms with Gasteiger partial charge in [0.25, 0.3) is 5.91 Å². The van der Waals surface area contributed by atoms with Crippen LogP contribution in [0.2, 0.25) is 0 Å². The molecule has 9 heteroatoms. The lowest BCUT2D eigenvalue weighted by atomic mass is 10.1. The molecular formula is C24H28N4O4S. The van der Waals surface area contributed by atoms with Crippen molar-refractivity contribution in [3.63, 3.8) is 0 Å². The van der Waals surface area contributed by atoms with Crippen LogP contribution in [0, 0.1) is 0 Å². The van der Waals surface area contributed by atoms with E-state index in [-0.39, 0.29) is 23.7 Å². The van der Waals surface area contributed by atoms with Crippen molar-refractivity contribution in [1.29, 1.82) is 0 Å². The number of morpholine rings is 1. The fourth-order valence-electron chi connectivity index (χ4n) is 3.79. The van der Waals surface area contributed by atoms with E-state index in [9.17, 15) is 13.2 Å². The average molecular weight is 469 g/mol. The van der Waals surface area contributed by atoms with Gasteiger partial charge in [-0.05, 0) is 36.6 Å². The number of amides is 1. The van der Waals surface area contributed by atoms with E-state index in [0.29, 0.717) is 13.0 Å². The predicted molar refractivity (Wildman–Crippen MR) is 128 cm³/mol. The van der Waals surface area contributed by atoms with Crippen LogP contribution in [0.15, 0.2) is 70.8 Å². The zero-order valence-corrected chi connectivity index (χ0v) is 19.4. The monoisotopic (exact) mass is 468 g/mol. The molecule has 2 heterocycles. The number of benzene rings is 2. The van der Waals surface area contributed by atoms with Crippen LogP contribution >= 0.6 is 0 Å². The molecule has 0 bridgehead atoms. The van der Waals surface area contributed by atoms with Crippen LogP contribution in [-0.4, -0.2) is 57.2 Å². The molecule has 1 amide bonds. The van der Waals surface area contributed by atoms with Gasteiger partial charge in [0.1, 0.15) is 0 Å². The van der Waals surface area contributed by atoms with Gasteiger partial charge in [-0.1, -0.05) is 42.5 Å². The van der Waals surface area contributed by atoms with E-state index in [1.165, 1.54) is 13.1 Å². The van der Waals surface area contributed by atoms with E-state index in [4.69, 9.17) is 4.74 Å². The minimum atomic E-state index is -3.84. The zero-order chi connectivity index (χ0) is 23.3. The Labute approximate surface area is 194 Å². The summed E-state index contributed by atoms with van der Waals surface area (Å²) in [5, 5.41) is 2.88. The van der Waals surface area contributed by atoms with Crippen LogP contribution in [0.5, 0.6) is 0 Å². The fourth-order valence-corrected chi connectivity index (χ4v) is 4.90. The molecule has 2 aromatic carbocycles. The van der Waals surface area contributed by atoms with Gasteiger partial charge in [0.15, 0.2) is 0 Å². The smallest absolute Gasteiger partial charge is 0.344 e. The van der Waals surface area contributed by atoms with E-state index >= 15 is 0 Å². The lowest BCUT2D eigenvalue weighted by Crippen LogP contribution is -2.36. The molecule has 0 aromatic heterocycles. The number of hydrogen-bond donors (Lipinski definition) is 1. The number of hydrogen-bond acceptors (Lipinski definition) is 5. The molecule has 4 rings (SSSR count). The van der Waals surface area contributed by atoms with Gasteiger partial charge in [-0.15, -0.1) is 4.40 Å². The highest BCUT2D eigenvalue weighted by Crippen LogP contribution is 2.19. The summed E-state index contributed by atoms with van der Waals surface area (Å²) in [4.78, 5) is 15.1. The topological polar surface area (TPSA) is 91.3 Å². The van der Waals surface area contributed by atoms with Crippen molar-refractivity contribution in [2.75, 3.05) is 37.7 Å². The Morgan fingerprint density at radius 3 is 2.42 bits per heavy atom. The van der Waals surface area contributed by atoms with Gasteiger partial charge in [-0.25, -0.2) is 0 Å². The number of rotatable bonds is 7. The molecule has 0 unspecified atom stereocenters. The first-order valence-electron chi connectivity index (χ1n) is 11.0. The lowest BCUT2D eigenvalue weighted by Gasteiger charge is -2.29. The quantitative estimate of drug-likeness (QED) is 0.673. The van der Waals surface area contributed by atoms with Gasteiger partial charge < -0.3 is 15.0 Å². The van der Waals surface area contributed by atoms with Crippen LogP contribution in [0.1, 0.15) is 18.1 Å². The Hall–Kier alpha value is -3.17. The van der Waals surface area contributed by atoms with Crippen molar-refractivity contribution in [3.8, 4) is 0 Å². The summed E-state index contributed by atoms with van der Waals surface area (Å²) in [6.45, 7) is 5.28. The molecule has 33 heavy (non-hydrogen) atoms. The molecule has 2 aliphatic heterocycles. The summed E-state index contributed by atoms with van der Waals surface area (Å²) in [6, 6.07) is 17.6. The average Bonchev–Trinajstić information content (AvgIpc) is 2.83. The molecular weight excluding hydrogens is 440 g/mol. The summed E-state index contributed by atoms with van der Waals surface area (Å²) in [6.07, 6.45) is 1.91. The Kier molecular flexibility index (Phi) is 7.10. The summed E-state index contributed by atoms with van der Waals surface area (Å²) in [5.74, 6) is -0.354. The van der Waals surface area contributed by atoms with Crippen molar-refractivity contribution in [1.82, 2.24) is 9.62 Å². The van der Waals surface area contributed by atoms with Gasteiger partial charge in [-0.3, -0.25) is 9.10 Å². The van der Waals surface area contributed by atoms with Crippen molar-refractivity contribution < 1.29 is 17.9 Å². The molecule has 0 aliphatic carbocycles. The largest absolute Gasteiger partial charge is 0.378 e. The molecule has 1 fully saturated rings. The SMILES string of the molecule is CC1=NS(=O)(=O)N(CCc2ccccc2)C=C1C(=O)NCc1ccc(N2CCOCC2)cc1. The number of carbonyl (C=O) groups excluding carboxylic acids is 1. The fraction of sp³-hybridized carbons (Fsp3) is 0.333. The van der Waals surface area contributed by atoms with E-state index < -0.39 is 10.2 Å². The zero-order valence-electron chi connectivity index (χ0n) is 18.6. The minimum absolute atomic E-state index is 0.186. The molecule has 0 radical (unpaired) electrons. The lowest BCUT2D eigenvalue weighted by molar-refractivity contribution is -0.117. The van der Waals surface area contributed by atoms with Crippen LogP contribution < -0.4 is 10.2 Å². The van der Waals surface area contributed by atoms with Gasteiger partial charge >= 0.3 is 10.2 Å². The second-order valence-electron chi connectivity index (χ2n) is 7.99. The molecule has 2 aromatic rings. The van der Waals surface area contributed by atoms with Crippen LogP contribution in [0.4, 0.5) is 5.69 Å². The Balaban J connectivity index is 1.38. The van der Waals surface area contributed by atoms with Crippen molar-refractivity contribution in [3.05, 3.63) is 77.5 Å². The standard InChI is InChI=1S/C24H28N4O4S/c1-19-23(18-28(33(30,31)26-19)12-11-20-5-3-2-4-6-20)24(29)25-17-21-7-9-22(10-8-21)27-13-15-32-16-14-27/h2-10,18H,11-17H2,1H3,(H,25,29). The molecule has 0 spiro atoms. The maximum absolute atomic E-state index is 12.8. The van der Waals surface area contributed by atoms with E-state index in [0.717, 1.165) is 47.4 Å². The summed E-state index contributed by atoms with van der Waals surface area (Å²) in [7, 11) is -3.84.